The van der Waals surface area contributed by atoms with E-state index in [-0.39, 0.29) is 17.9 Å². The van der Waals surface area contributed by atoms with Gasteiger partial charge in [-0.25, -0.2) is 4.98 Å². The van der Waals surface area contributed by atoms with Gasteiger partial charge in [0.25, 0.3) is 5.22 Å². The van der Waals surface area contributed by atoms with Crippen LogP contribution in [0.4, 0.5) is 0 Å². The van der Waals surface area contributed by atoms with Crippen LogP contribution in [0.1, 0.15) is 37.7 Å². The molecule has 3 aromatic rings. The first-order valence-electron chi connectivity index (χ1n) is 10.7. The van der Waals surface area contributed by atoms with E-state index in [9.17, 15) is 9.90 Å². The van der Waals surface area contributed by atoms with E-state index in [1.807, 2.05) is 59.5 Å². The fourth-order valence-electron chi connectivity index (χ4n) is 5.20. The lowest BCUT2D eigenvalue weighted by atomic mass is 9.66. The van der Waals surface area contributed by atoms with Gasteiger partial charge in [-0.3, -0.25) is 4.79 Å². The maximum absolute atomic E-state index is 13.1. The summed E-state index contributed by atoms with van der Waals surface area (Å²) in [5.74, 6) is 0.495. The lowest BCUT2D eigenvalue weighted by Crippen LogP contribution is -2.59. The third kappa shape index (κ3) is 3.52. The van der Waals surface area contributed by atoms with E-state index in [2.05, 4.69) is 4.98 Å². The summed E-state index contributed by atoms with van der Waals surface area (Å²) in [5.41, 5.74) is 1.68. The number of oxazole rings is 1. The van der Waals surface area contributed by atoms with Crippen LogP contribution in [-0.4, -0.2) is 39.2 Å². The summed E-state index contributed by atoms with van der Waals surface area (Å²) in [5, 5.41) is 12.2. The van der Waals surface area contributed by atoms with Gasteiger partial charge >= 0.3 is 0 Å². The smallest absolute Gasteiger partial charge is 0.257 e. The highest BCUT2D eigenvalue weighted by molar-refractivity contribution is 7.99. The average molecular weight is 423 g/mol. The Morgan fingerprint density at radius 3 is 2.73 bits per heavy atom. The molecule has 1 aliphatic heterocycles. The Morgan fingerprint density at radius 1 is 1.13 bits per heavy atom. The van der Waals surface area contributed by atoms with Crippen molar-refractivity contribution in [1.29, 1.82) is 0 Å². The number of hydrogen-bond acceptors (Lipinski definition) is 5. The van der Waals surface area contributed by atoms with Gasteiger partial charge in [0.15, 0.2) is 5.58 Å². The number of amides is 1. The summed E-state index contributed by atoms with van der Waals surface area (Å²) in [6, 6.07) is 17.7. The third-order valence-electron chi connectivity index (χ3n) is 6.66. The SMILES string of the molecule is O=C(CSc1nc2ccccc2o1)N1CC[C@@](O)(c2ccccc2)[C@@H]2CCCC[C@H]21. The molecule has 1 aromatic heterocycles. The number of nitrogens with zero attached hydrogens (tertiary/aromatic N) is 2. The second kappa shape index (κ2) is 8.08. The molecule has 156 valence electrons. The van der Waals surface area contributed by atoms with Crippen molar-refractivity contribution in [2.75, 3.05) is 12.3 Å². The highest BCUT2D eigenvalue weighted by Crippen LogP contribution is 2.47. The summed E-state index contributed by atoms with van der Waals surface area (Å²) in [6.45, 7) is 0.583. The van der Waals surface area contributed by atoms with E-state index >= 15 is 0 Å². The van der Waals surface area contributed by atoms with Crippen LogP contribution in [0, 0.1) is 5.92 Å². The number of benzene rings is 2. The van der Waals surface area contributed by atoms with Crippen LogP contribution in [-0.2, 0) is 10.4 Å². The van der Waals surface area contributed by atoms with Gasteiger partial charge in [0.1, 0.15) is 5.52 Å². The molecule has 0 bridgehead atoms. The predicted molar refractivity (Wildman–Crippen MR) is 117 cm³/mol. The second-order valence-electron chi connectivity index (χ2n) is 8.32. The Kier molecular flexibility index (Phi) is 5.29. The molecule has 0 unspecified atom stereocenters. The summed E-state index contributed by atoms with van der Waals surface area (Å²) < 4.78 is 5.74. The topological polar surface area (TPSA) is 66.6 Å². The van der Waals surface area contributed by atoms with Gasteiger partial charge in [-0.1, -0.05) is 67.1 Å². The maximum Gasteiger partial charge on any atom is 0.257 e. The molecule has 1 N–H and O–H groups in total. The van der Waals surface area contributed by atoms with Crippen LogP contribution in [0.5, 0.6) is 0 Å². The molecule has 2 heterocycles. The first-order chi connectivity index (χ1) is 14.6. The Hall–Kier alpha value is -2.31. The molecule has 0 radical (unpaired) electrons. The number of fused-ring (bicyclic) bond motifs is 2. The quantitative estimate of drug-likeness (QED) is 0.623. The normalized spacial score (nSPS) is 26.5. The highest BCUT2D eigenvalue weighted by Gasteiger charge is 2.50. The van der Waals surface area contributed by atoms with Gasteiger partial charge in [-0.05, 0) is 37.0 Å². The van der Waals surface area contributed by atoms with Crippen molar-refractivity contribution in [3.63, 3.8) is 0 Å². The van der Waals surface area contributed by atoms with E-state index in [0.717, 1.165) is 42.3 Å². The minimum Gasteiger partial charge on any atom is -0.431 e. The molecule has 2 aromatic carbocycles. The molecule has 30 heavy (non-hydrogen) atoms. The van der Waals surface area contributed by atoms with Gasteiger partial charge in [-0.15, -0.1) is 0 Å². The van der Waals surface area contributed by atoms with Crippen LogP contribution < -0.4 is 0 Å². The Labute approximate surface area is 180 Å². The fraction of sp³-hybridized carbons (Fsp3) is 0.417. The summed E-state index contributed by atoms with van der Waals surface area (Å²) in [6.07, 6.45) is 4.71. The van der Waals surface area contributed by atoms with E-state index in [1.165, 1.54) is 11.8 Å². The summed E-state index contributed by atoms with van der Waals surface area (Å²) in [4.78, 5) is 19.6. The van der Waals surface area contributed by atoms with Crippen LogP contribution in [0.2, 0.25) is 0 Å². The van der Waals surface area contributed by atoms with Crippen molar-refractivity contribution in [1.82, 2.24) is 9.88 Å². The van der Waals surface area contributed by atoms with Crippen molar-refractivity contribution in [3.05, 3.63) is 60.2 Å². The number of carbonyl (C=O) groups excluding carboxylic acids is 1. The Morgan fingerprint density at radius 2 is 1.90 bits per heavy atom. The highest BCUT2D eigenvalue weighted by atomic mass is 32.2. The van der Waals surface area contributed by atoms with Gasteiger partial charge < -0.3 is 14.4 Å². The minimum absolute atomic E-state index is 0.0840. The van der Waals surface area contributed by atoms with E-state index in [0.29, 0.717) is 23.9 Å². The van der Waals surface area contributed by atoms with Gasteiger partial charge in [0.05, 0.1) is 11.4 Å². The molecular formula is C24H26N2O3S. The van der Waals surface area contributed by atoms with E-state index in [1.54, 1.807) is 0 Å². The monoisotopic (exact) mass is 422 g/mol. The van der Waals surface area contributed by atoms with Crippen LogP contribution >= 0.6 is 11.8 Å². The lowest BCUT2D eigenvalue weighted by molar-refractivity contribution is -0.152. The van der Waals surface area contributed by atoms with E-state index in [4.69, 9.17) is 4.42 Å². The number of carbonyl (C=O) groups is 1. The first kappa shape index (κ1) is 19.6. The molecule has 1 saturated carbocycles. The van der Waals surface area contributed by atoms with Crippen LogP contribution in [0.3, 0.4) is 0 Å². The second-order valence-corrected chi connectivity index (χ2v) is 9.25. The molecule has 0 spiro atoms. The Balaban J connectivity index is 1.31. The number of para-hydroxylation sites is 2. The number of aromatic nitrogens is 1. The van der Waals surface area contributed by atoms with Crippen molar-refractivity contribution < 1.29 is 14.3 Å². The Bertz CT molecular complexity index is 1000. The largest absolute Gasteiger partial charge is 0.431 e. The molecule has 5 rings (SSSR count). The number of aliphatic hydroxyl groups is 1. The molecule has 3 atom stereocenters. The van der Waals surface area contributed by atoms with Crippen molar-refractivity contribution in [2.45, 2.75) is 49.0 Å². The molecule has 2 aliphatic rings. The minimum atomic E-state index is -0.851. The number of thioether (sulfide) groups is 1. The maximum atomic E-state index is 13.1. The molecule has 6 heteroatoms. The zero-order valence-corrected chi connectivity index (χ0v) is 17.7. The standard InChI is InChI=1S/C24H26N2O3S/c27-22(16-30-23-25-19-11-5-7-13-21(19)29-23)26-15-14-24(28,17-8-2-1-3-9-17)18-10-4-6-12-20(18)26/h1-3,5,7-9,11,13,18,20,28H,4,6,10,12,14-16H2/t18-,20-,24-/m1/s1. The third-order valence-corrected chi connectivity index (χ3v) is 7.48. The molecule has 1 aliphatic carbocycles. The van der Waals surface area contributed by atoms with Gasteiger partial charge in [0, 0.05) is 18.5 Å². The van der Waals surface area contributed by atoms with Crippen LogP contribution in [0.25, 0.3) is 11.1 Å². The predicted octanol–water partition coefficient (Wildman–Crippen LogP) is 4.60. The molecule has 2 fully saturated rings. The molecule has 1 saturated heterocycles. The number of piperidine rings is 1. The zero-order valence-electron chi connectivity index (χ0n) is 16.9. The van der Waals surface area contributed by atoms with Crippen molar-refractivity contribution >= 4 is 28.8 Å². The van der Waals surface area contributed by atoms with Crippen molar-refractivity contribution in [2.24, 2.45) is 5.92 Å². The fourth-order valence-corrected chi connectivity index (χ4v) is 5.92. The molecule has 5 nitrogen and oxygen atoms in total. The average Bonchev–Trinajstić information content (AvgIpc) is 3.22. The number of rotatable bonds is 4. The van der Waals surface area contributed by atoms with E-state index < -0.39 is 5.60 Å². The first-order valence-corrected chi connectivity index (χ1v) is 11.7. The molecular weight excluding hydrogens is 396 g/mol. The summed E-state index contributed by atoms with van der Waals surface area (Å²) in [7, 11) is 0. The van der Waals surface area contributed by atoms with Crippen LogP contribution in [0.15, 0.2) is 64.2 Å². The van der Waals surface area contributed by atoms with Gasteiger partial charge in [-0.2, -0.15) is 0 Å². The number of likely N-dealkylation sites (tertiary alicyclic amines) is 1. The summed E-state index contributed by atoms with van der Waals surface area (Å²) >= 11 is 1.35. The number of hydrogen-bond donors (Lipinski definition) is 1. The van der Waals surface area contributed by atoms with Gasteiger partial charge in [0.2, 0.25) is 5.91 Å². The lowest BCUT2D eigenvalue weighted by Gasteiger charge is -2.52. The van der Waals surface area contributed by atoms with Crippen molar-refractivity contribution in [3.8, 4) is 0 Å². The molecule has 1 amide bonds. The zero-order chi connectivity index (χ0) is 20.6.